The number of pyridine rings is 4. The fraction of sp³-hybridized carbons (Fsp3) is 0.364. The predicted octanol–water partition coefficient (Wildman–Crippen LogP) is 18.9. The molecule has 35 nitrogen and oxygen atoms in total. The average Bonchev–Trinajstić information content (AvgIpc) is 1.72. The molecule has 0 aliphatic carbocycles. The van der Waals surface area contributed by atoms with Gasteiger partial charge in [-0.15, -0.1) is 0 Å². The zero-order valence-corrected chi connectivity index (χ0v) is 91.2. The normalized spacial score (nSPS) is 14.0. The fourth-order valence-corrected chi connectivity index (χ4v) is 16.0. The molecule has 0 spiro atoms. The lowest BCUT2D eigenvalue weighted by atomic mass is 9.75. The number of nitrogens with one attached hydrogen (secondary N) is 1. The van der Waals surface area contributed by atoms with Crippen LogP contribution in [0.3, 0.4) is 0 Å². The third-order valence-electron chi connectivity index (χ3n) is 23.9. The van der Waals surface area contributed by atoms with Gasteiger partial charge in [0.15, 0.2) is 63.3 Å². The Kier molecular flexibility index (Phi) is 40.9. The Balaban J connectivity index is 0.000000181. The highest BCUT2D eigenvalue weighted by Gasteiger charge is 2.53. The van der Waals surface area contributed by atoms with E-state index in [1.807, 2.05) is 154 Å². The lowest BCUT2D eigenvalue weighted by Crippen LogP contribution is -2.41. The standard InChI is InChI=1S/C26H29N3O5.C21H21N3O3.C16H28BNO4.C16H13BrN2O3.C14H20O5.C12H14O4.C5H5BrN2/c1-26(2,3)34-25(31)28-12-10-17(11-13-28)19-7-9-23-27-20(15-24(30)29(23)16-19)18-6-8-21(32-4)22(14-18)33-5;1-26-18-5-3-15(11-19(18)27-2)17-12-21(25)24-13-16(4-6-20(24)23-17)14-7-9-22-10-8-14;1-14(2,3)20-13(19)18-10-8-12(9-11-18)17-21-15(4,5)16(6,7)22-17;1-21-13-5-3-10(7-14(13)22-2)12-8-16(20)19-9-11(17)4-6-15(19)18-12;1-10(15)9-14(18-4,19-5)11-6-7-12(16-2)13(8-11)17-3;1-8(13)6-10(14)9-4-5-11(15-2)12(7-9)16-3;6-4-1-2-5(7)8-3-4/h6-10,14-16H,11-13H2,1-5H3;3-7,11-13,22H,8-10H2,1-2H3;8H,9-11H2,1-7H3;3-9H,1-2H3;6-8H,9H2,1-5H3;4-5,7H,6H2,1-3H3;1-3H,(H2,7,8). The van der Waals surface area contributed by atoms with E-state index in [4.69, 9.17) is 81.4 Å². The molecule has 5 aromatic carbocycles. The molecule has 4 aliphatic rings. The molecule has 148 heavy (non-hydrogen) atoms. The molecule has 0 saturated carbocycles. The van der Waals surface area contributed by atoms with Gasteiger partial charge in [0.05, 0.1) is 112 Å². The topological polar surface area (TPSA) is 394 Å². The number of carbonyl (C=O) groups excluding carboxylic acids is 5. The zero-order valence-electron chi connectivity index (χ0n) is 88.1. The third-order valence-corrected chi connectivity index (χ3v) is 24.9. The molecule has 786 valence electrons. The molecule has 12 aromatic rings. The summed E-state index contributed by atoms with van der Waals surface area (Å²) in [5, 5.41) is 3.30. The number of hydrogen-bond donors (Lipinski definition) is 2. The van der Waals surface area contributed by atoms with Crippen molar-refractivity contribution in [2.75, 3.05) is 130 Å². The number of amides is 2. The molecule has 7 aromatic heterocycles. The number of ketones is 3. The first-order valence-corrected chi connectivity index (χ1v) is 48.9. The van der Waals surface area contributed by atoms with Crippen LogP contribution in [0, 0.1) is 0 Å². The van der Waals surface area contributed by atoms with Crippen LogP contribution < -0.4 is 75.1 Å². The minimum atomic E-state index is -1.11. The summed E-state index contributed by atoms with van der Waals surface area (Å²) < 4.78 is 92.5. The van der Waals surface area contributed by atoms with Gasteiger partial charge in [-0.05, 0) is 308 Å². The van der Waals surface area contributed by atoms with Crippen molar-refractivity contribution in [2.24, 2.45) is 0 Å². The Morgan fingerprint density at radius 1 is 0.432 bits per heavy atom. The SMILES string of the molecule is CC(C)(C)OC(=O)N1CC=C(B2OC(C)(C)C(C)(C)O2)CC1.COc1ccc(-c2cc(=O)n3cc(Br)ccc3n2)cc1OC.COc1ccc(-c2cc(=O)n3cc(C4=CCN(C(=O)OC(C)(C)C)CC4)ccc3n2)cc1OC.COc1ccc(-c2cc(=O)n3cc(C4=CCNCC4)ccc3n2)cc1OC.COc1ccc(C(=O)CC(C)=O)cc1OC.COc1ccc(C(CC(C)=O)(OC)OC)cc1OC.Nc1ccc(Br)cn1. The highest BCUT2D eigenvalue weighted by molar-refractivity contribution is 9.10. The van der Waals surface area contributed by atoms with Crippen molar-refractivity contribution < 1.29 is 99.6 Å². The van der Waals surface area contributed by atoms with Gasteiger partial charge in [-0.25, -0.2) is 29.5 Å². The van der Waals surface area contributed by atoms with Gasteiger partial charge in [-0.3, -0.25) is 42.0 Å². The fourth-order valence-electron chi connectivity index (χ4n) is 15.5. The number of nitrogens with zero attached hydrogens (tertiary/aromatic N) is 9. The molecule has 16 rings (SSSR count). The molecule has 1 saturated heterocycles. The van der Waals surface area contributed by atoms with E-state index in [-0.39, 0.29) is 77.4 Å². The van der Waals surface area contributed by atoms with Gasteiger partial charge in [0.1, 0.15) is 45.5 Å². The summed E-state index contributed by atoms with van der Waals surface area (Å²) in [4.78, 5) is 117. The molecule has 0 bridgehead atoms. The summed E-state index contributed by atoms with van der Waals surface area (Å²) in [7, 11) is 18.3. The van der Waals surface area contributed by atoms with Crippen LogP contribution in [-0.2, 0) is 43.6 Å². The van der Waals surface area contributed by atoms with Crippen molar-refractivity contribution >= 4 is 102 Å². The van der Waals surface area contributed by atoms with E-state index in [2.05, 4.69) is 63.2 Å². The quantitative estimate of drug-likeness (QED) is 0.0245. The molecule has 4 aliphatic heterocycles. The molecular formula is C110H130BBr2N11O24. The number of aromatic nitrogens is 7. The van der Waals surface area contributed by atoms with Crippen molar-refractivity contribution in [2.45, 2.75) is 143 Å². The van der Waals surface area contributed by atoms with Crippen LogP contribution in [0.2, 0.25) is 0 Å². The molecule has 0 radical (unpaired) electrons. The van der Waals surface area contributed by atoms with Crippen LogP contribution >= 0.6 is 31.9 Å². The Labute approximate surface area is 878 Å². The number of halogens is 2. The molecule has 2 amide bonds. The Morgan fingerprint density at radius 3 is 1.18 bits per heavy atom. The lowest BCUT2D eigenvalue weighted by Gasteiger charge is -2.32. The number of nitrogens with two attached hydrogens (primary N) is 1. The molecule has 1 fully saturated rings. The Hall–Kier alpha value is -14.3. The van der Waals surface area contributed by atoms with E-state index in [0.717, 1.165) is 73.7 Å². The van der Waals surface area contributed by atoms with Gasteiger partial charge in [0, 0.05) is 127 Å². The molecule has 0 atom stereocenters. The van der Waals surface area contributed by atoms with E-state index in [9.17, 15) is 38.4 Å². The van der Waals surface area contributed by atoms with Crippen molar-refractivity contribution in [3.8, 4) is 91.3 Å². The molecule has 3 N–H and O–H groups in total. The van der Waals surface area contributed by atoms with Crippen molar-refractivity contribution in [1.29, 1.82) is 0 Å². The van der Waals surface area contributed by atoms with Crippen molar-refractivity contribution in [3.63, 3.8) is 0 Å². The van der Waals surface area contributed by atoms with Crippen LogP contribution in [0.4, 0.5) is 15.4 Å². The summed E-state index contributed by atoms with van der Waals surface area (Å²) in [6.45, 7) is 26.3. The van der Waals surface area contributed by atoms with Crippen molar-refractivity contribution in [3.05, 3.63) is 268 Å². The molecule has 38 heteroatoms. The van der Waals surface area contributed by atoms with Gasteiger partial charge >= 0.3 is 19.3 Å². The van der Waals surface area contributed by atoms with Gasteiger partial charge in [0.25, 0.3) is 16.7 Å². The average molecular weight is 2160 g/mol. The van der Waals surface area contributed by atoms with Crippen LogP contribution in [0.25, 0.3) is 61.9 Å². The maximum atomic E-state index is 12.9. The van der Waals surface area contributed by atoms with Crippen LogP contribution in [-0.4, -0.2) is 227 Å². The molecule has 0 unspecified atom stereocenters. The van der Waals surface area contributed by atoms with Crippen LogP contribution in [0.15, 0.2) is 230 Å². The first-order valence-electron chi connectivity index (χ1n) is 47.3. The van der Waals surface area contributed by atoms with Gasteiger partial charge in [-0.1, -0.05) is 18.2 Å². The van der Waals surface area contributed by atoms with E-state index in [1.54, 1.807) is 173 Å². The maximum absolute atomic E-state index is 12.9. The summed E-state index contributed by atoms with van der Waals surface area (Å²) in [5.74, 6) is 4.90. The largest absolute Gasteiger partial charge is 0.493 e. The number of anilines is 1. The van der Waals surface area contributed by atoms with E-state index in [1.165, 1.54) is 64.4 Å². The van der Waals surface area contributed by atoms with Gasteiger partial charge in [-0.2, -0.15) is 0 Å². The summed E-state index contributed by atoms with van der Waals surface area (Å²) in [5.41, 5.74) is 15.7. The second kappa shape index (κ2) is 52.4. The minimum Gasteiger partial charge on any atom is -0.493 e. The molecular weight excluding hydrogens is 2030 g/mol. The minimum absolute atomic E-state index is 0.0292. The first-order chi connectivity index (χ1) is 70.3. The van der Waals surface area contributed by atoms with Crippen LogP contribution in [0.1, 0.15) is 142 Å². The number of fused-ring (bicyclic) bond motifs is 3. The van der Waals surface area contributed by atoms with E-state index >= 15 is 0 Å². The molecule has 11 heterocycles. The van der Waals surface area contributed by atoms with E-state index in [0.29, 0.717) is 141 Å². The summed E-state index contributed by atoms with van der Waals surface area (Å²) in [6.07, 6.45) is 15.1. The number of Topliss-reactive ketones (excluding diaryl/α,β-unsaturated/α-hetero) is 3. The van der Waals surface area contributed by atoms with E-state index < -0.39 is 17.0 Å². The lowest BCUT2D eigenvalue weighted by molar-refractivity contribution is -0.218. The van der Waals surface area contributed by atoms with Crippen LogP contribution in [0.5, 0.6) is 57.5 Å². The smallest absolute Gasteiger partial charge is 0.490 e. The second-order valence-electron chi connectivity index (χ2n) is 37.0. The number of ether oxygens (including phenoxy) is 14. The summed E-state index contributed by atoms with van der Waals surface area (Å²) in [6, 6.07) is 46.0. The van der Waals surface area contributed by atoms with Crippen molar-refractivity contribution in [1.82, 2.24) is 48.3 Å². The summed E-state index contributed by atoms with van der Waals surface area (Å²) >= 11 is 6.57. The maximum Gasteiger partial charge on any atom is 0.490 e. The monoisotopic (exact) mass is 2160 g/mol. The first kappa shape index (κ1) is 116. The zero-order chi connectivity index (χ0) is 108. The number of hydrogen-bond acceptors (Lipinski definition) is 30. The number of nitrogen functional groups attached to an aromatic ring is 1. The Morgan fingerprint density at radius 2 is 0.818 bits per heavy atom. The highest BCUT2D eigenvalue weighted by atomic mass is 79.9. The van der Waals surface area contributed by atoms with Gasteiger partial charge < -0.3 is 96.5 Å². The predicted molar refractivity (Wildman–Crippen MR) is 576 cm³/mol. The number of carbonyl (C=O) groups is 5. The number of rotatable bonds is 24. The second-order valence-corrected chi connectivity index (χ2v) is 38.9. The third kappa shape index (κ3) is 30.9. The number of methoxy groups -OCH3 is 12. The number of benzene rings is 5. The van der Waals surface area contributed by atoms with Gasteiger partial charge in [0.2, 0.25) is 5.79 Å². The highest BCUT2D eigenvalue weighted by Crippen LogP contribution is 2.42. The Bertz CT molecular complexity index is 6970.